The number of benzene rings is 1. The zero-order valence-corrected chi connectivity index (χ0v) is 11.7. The molecule has 1 aliphatic rings. The van der Waals surface area contributed by atoms with Crippen LogP contribution in [0.5, 0.6) is 0 Å². The molecule has 3 heteroatoms. The van der Waals surface area contributed by atoms with E-state index in [1.165, 1.54) is 0 Å². The highest BCUT2D eigenvalue weighted by molar-refractivity contribution is 5.68. The largest absolute Gasteiger partial charge is 0.392 e. The van der Waals surface area contributed by atoms with E-state index in [0.717, 1.165) is 24.8 Å². The molecule has 1 fully saturated rings. The monoisotopic (exact) mass is 261 g/mol. The Kier molecular flexibility index (Phi) is 4.38. The average Bonchev–Trinajstić information content (AvgIpc) is 2.44. The first-order valence-corrected chi connectivity index (χ1v) is 6.97. The molecule has 1 aromatic rings. The summed E-state index contributed by atoms with van der Waals surface area (Å²) in [6, 6.07) is 9.88. The van der Waals surface area contributed by atoms with Gasteiger partial charge in [-0.2, -0.15) is 0 Å². The molecule has 1 N–H and O–H groups in total. The SMILES string of the molecule is CC1CCN(CC(C)(C=O)c2ccccc2)CC1O. The molecule has 3 nitrogen and oxygen atoms in total. The summed E-state index contributed by atoms with van der Waals surface area (Å²) in [5.41, 5.74) is 0.541. The topological polar surface area (TPSA) is 40.5 Å². The summed E-state index contributed by atoms with van der Waals surface area (Å²) in [4.78, 5) is 13.8. The second-order valence-electron chi connectivity index (χ2n) is 5.97. The van der Waals surface area contributed by atoms with Crippen LogP contribution in [0.3, 0.4) is 0 Å². The van der Waals surface area contributed by atoms with E-state index >= 15 is 0 Å². The molecule has 1 aromatic carbocycles. The van der Waals surface area contributed by atoms with Crippen LogP contribution in [0.25, 0.3) is 0 Å². The van der Waals surface area contributed by atoms with Crippen molar-refractivity contribution in [2.75, 3.05) is 19.6 Å². The fourth-order valence-corrected chi connectivity index (χ4v) is 2.74. The lowest BCUT2D eigenvalue weighted by molar-refractivity contribution is -0.113. The summed E-state index contributed by atoms with van der Waals surface area (Å²) < 4.78 is 0. The standard InChI is InChI=1S/C16H23NO2/c1-13-8-9-17(10-15(13)19)11-16(2,12-18)14-6-4-3-5-7-14/h3-7,12-13,15,19H,8-11H2,1-2H3. The molecule has 0 spiro atoms. The Hall–Kier alpha value is -1.19. The van der Waals surface area contributed by atoms with Crippen molar-refractivity contribution in [1.82, 2.24) is 4.90 Å². The Balaban J connectivity index is 2.09. The lowest BCUT2D eigenvalue weighted by Crippen LogP contribution is -2.48. The van der Waals surface area contributed by atoms with E-state index < -0.39 is 5.41 Å². The van der Waals surface area contributed by atoms with Crippen LogP contribution in [0.2, 0.25) is 0 Å². The highest BCUT2D eigenvalue weighted by atomic mass is 16.3. The maximum atomic E-state index is 11.6. The van der Waals surface area contributed by atoms with E-state index in [4.69, 9.17) is 0 Å². The molecule has 1 heterocycles. The van der Waals surface area contributed by atoms with Crippen LogP contribution >= 0.6 is 0 Å². The molecule has 3 unspecified atom stereocenters. The summed E-state index contributed by atoms with van der Waals surface area (Å²) in [7, 11) is 0. The smallest absolute Gasteiger partial charge is 0.131 e. The van der Waals surface area contributed by atoms with Gasteiger partial charge in [0.05, 0.1) is 11.5 Å². The average molecular weight is 261 g/mol. The van der Waals surface area contributed by atoms with Crippen LogP contribution < -0.4 is 0 Å². The highest BCUT2D eigenvalue weighted by Gasteiger charge is 2.32. The third-order valence-corrected chi connectivity index (χ3v) is 4.25. The van der Waals surface area contributed by atoms with Gasteiger partial charge in [-0.05, 0) is 31.4 Å². The Bertz CT molecular complexity index is 420. The van der Waals surface area contributed by atoms with E-state index in [1.807, 2.05) is 37.3 Å². The predicted octanol–water partition coefficient (Wildman–Crippen LogP) is 1.85. The van der Waals surface area contributed by atoms with E-state index in [9.17, 15) is 9.90 Å². The molecule has 0 amide bonds. The van der Waals surface area contributed by atoms with Crippen LogP contribution in [0.15, 0.2) is 30.3 Å². The Labute approximate surface area is 115 Å². The van der Waals surface area contributed by atoms with Crippen molar-refractivity contribution >= 4 is 6.29 Å². The van der Waals surface area contributed by atoms with E-state index in [1.54, 1.807) is 0 Å². The van der Waals surface area contributed by atoms with Crippen molar-refractivity contribution in [1.29, 1.82) is 0 Å². The number of piperidine rings is 1. The van der Waals surface area contributed by atoms with Crippen LogP contribution in [-0.4, -0.2) is 42.0 Å². The van der Waals surface area contributed by atoms with E-state index in [0.29, 0.717) is 19.0 Å². The fraction of sp³-hybridized carbons (Fsp3) is 0.562. The lowest BCUT2D eigenvalue weighted by Gasteiger charge is -2.38. The minimum atomic E-state index is -0.498. The minimum Gasteiger partial charge on any atom is -0.392 e. The third-order valence-electron chi connectivity index (χ3n) is 4.25. The van der Waals surface area contributed by atoms with Gasteiger partial charge < -0.3 is 9.90 Å². The minimum absolute atomic E-state index is 0.277. The number of hydrogen-bond donors (Lipinski definition) is 1. The molecule has 0 aromatic heterocycles. The van der Waals surface area contributed by atoms with E-state index in [2.05, 4.69) is 11.8 Å². The predicted molar refractivity (Wildman–Crippen MR) is 76.1 cm³/mol. The first-order chi connectivity index (χ1) is 9.05. The zero-order chi connectivity index (χ0) is 13.9. The number of likely N-dealkylation sites (tertiary alicyclic amines) is 1. The maximum Gasteiger partial charge on any atom is 0.131 e. The molecule has 1 aliphatic heterocycles. The number of aldehydes is 1. The zero-order valence-electron chi connectivity index (χ0n) is 11.7. The molecule has 2 rings (SSSR count). The van der Waals surface area contributed by atoms with Gasteiger partial charge in [0, 0.05) is 13.1 Å². The van der Waals surface area contributed by atoms with Crippen LogP contribution in [0.1, 0.15) is 25.8 Å². The lowest BCUT2D eigenvalue weighted by atomic mass is 9.82. The quantitative estimate of drug-likeness (QED) is 0.841. The van der Waals surface area contributed by atoms with Gasteiger partial charge in [0.2, 0.25) is 0 Å². The van der Waals surface area contributed by atoms with Crippen molar-refractivity contribution in [3.05, 3.63) is 35.9 Å². The van der Waals surface area contributed by atoms with Gasteiger partial charge in [0.15, 0.2) is 0 Å². The Morgan fingerprint density at radius 3 is 2.68 bits per heavy atom. The van der Waals surface area contributed by atoms with Gasteiger partial charge in [0.1, 0.15) is 6.29 Å². The van der Waals surface area contributed by atoms with Gasteiger partial charge in [-0.1, -0.05) is 37.3 Å². The number of carbonyl (C=O) groups is 1. The molecule has 104 valence electrons. The molecule has 1 saturated heterocycles. The first-order valence-electron chi connectivity index (χ1n) is 6.97. The first kappa shape index (κ1) is 14.2. The van der Waals surface area contributed by atoms with Crippen LogP contribution in [-0.2, 0) is 10.2 Å². The number of nitrogens with zero attached hydrogens (tertiary/aromatic N) is 1. The summed E-state index contributed by atoms with van der Waals surface area (Å²) >= 11 is 0. The molecule has 19 heavy (non-hydrogen) atoms. The maximum absolute atomic E-state index is 11.6. The second-order valence-corrected chi connectivity index (χ2v) is 5.97. The number of rotatable bonds is 4. The number of carbonyl (C=O) groups excluding carboxylic acids is 1. The van der Waals surface area contributed by atoms with Gasteiger partial charge in [0.25, 0.3) is 0 Å². The fourth-order valence-electron chi connectivity index (χ4n) is 2.74. The molecule has 0 saturated carbocycles. The van der Waals surface area contributed by atoms with Crippen molar-refractivity contribution in [3.63, 3.8) is 0 Å². The van der Waals surface area contributed by atoms with Crippen molar-refractivity contribution in [2.24, 2.45) is 5.92 Å². The van der Waals surface area contributed by atoms with Crippen molar-refractivity contribution in [3.8, 4) is 0 Å². The van der Waals surface area contributed by atoms with Crippen molar-refractivity contribution < 1.29 is 9.90 Å². The normalized spacial score (nSPS) is 27.7. The number of aliphatic hydroxyl groups is 1. The van der Waals surface area contributed by atoms with Gasteiger partial charge in [-0.15, -0.1) is 0 Å². The van der Waals surface area contributed by atoms with E-state index in [-0.39, 0.29) is 6.10 Å². The summed E-state index contributed by atoms with van der Waals surface area (Å²) in [5.74, 6) is 0.357. The van der Waals surface area contributed by atoms with Crippen molar-refractivity contribution in [2.45, 2.75) is 31.8 Å². The van der Waals surface area contributed by atoms with Gasteiger partial charge in [-0.3, -0.25) is 4.90 Å². The Morgan fingerprint density at radius 2 is 2.11 bits per heavy atom. The number of β-amino-alcohol motifs (C(OH)–C–C–N with tert-alkyl or cyclic N) is 1. The summed E-state index contributed by atoms with van der Waals surface area (Å²) in [6.45, 7) is 6.34. The summed E-state index contributed by atoms with van der Waals surface area (Å²) in [6.07, 6.45) is 1.75. The number of hydrogen-bond acceptors (Lipinski definition) is 3. The second kappa shape index (κ2) is 5.85. The molecular formula is C16H23NO2. The molecule has 0 radical (unpaired) electrons. The van der Waals surface area contributed by atoms with Crippen LogP contribution in [0.4, 0.5) is 0 Å². The van der Waals surface area contributed by atoms with Crippen LogP contribution in [0, 0.1) is 5.92 Å². The molecule has 3 atom stereocenters. The van der Waals surface area contributed by atoms with Gasteiger partial charge >= 0.3 is 0 Å². The highest BCUT2D eigenvalue weighted by Crippen LogP contribution is 2.25. The molecule has 0 bridgehead atoms. The Morgan fingerprint density at radius 1 is 1.42 bits per heavy atom. The van der Waals surface area contributed by atoms with Gasteiger partial charge in [-0.25, -0.2) is 0 Å². The molecule has 0 aliphatic carbocycles. The summed E-state index contributed by atoms with van der Waals surface area (Å²) in [5, 5.41) is 9.96. The molecular weight excluding hydrogens is 238 g/mol. The number of aliphatic hydroxyl groups excluding tert-OH is 1. The third kappa shape index (κ3) is 3.23.